The average Bonchev–Trinajstić information content (AvgIpc) is 3.02. The fraction of sp³-hybridized carbons (Fsp3) is 0.176. The van der Waals surface area contributed by atoms with Gasteiger partial charge in [0.1, 0.15) is 11.4 Å². The van der Waals surface area contributed by atoms with E-state index in [9.17, 15) is 9.59 Å². The normalized spacial score (nSPS) is 10.7. The molecule has 0 aliphatic heterocycles. The van der Waals surface area contributed by atoms with E-state index in [4.69, 9.17) is 23.2 Å². The van der Waals surface area contributed by atoms with Crippen molar-refractivity contribution in [3.63, 3.8) is 0 Å². The predicted molar refractivity (Wildman–Crippen MR) is 102 cm³/mol. The molecule has 0 unspecified atom stereocenters. The van der Waals surface area contributed by atoms with E-state index in [0.717, 1.165) is 10.7 Å². The number of amides is 1. The van der Waals surface area contributed by atoms with E-state index >= 15 is 0 Å². The van der Waals surface area contributed by atoms with Crippen LogP contribution in [0, 0.1) is 6.92 Å². The summed E-state index contributed by atoms with van der Waals surface area (Å²) in [5, 5.41) is 6.40. The second-order valence-electron chi connectivity index (χ2n) is 5.49. The number of rotatable bonds is 5. The van der Waals surface area contributed by atoms with Crippen LogP contribution in [-0.4, -0.2) is 20.9 Å². The second-order valence-corrected chi connectivity index (χ2v) is 7.37. The van der Waals surface area contributed by atoms with E-state index in [-0.39, 0.29) is 18.5 Å². The van der Waals surface area contributed by atoms with Crippen LogP contribution in [-0.2, 0) is 13.0 Å². The van der Waals surface area contributed by atoms with Crippen LogP contribution in [0.5, 0.6) is 0 Å². The van der Waals surface area contributed by atoms with Crippen LogP contribution in [0.25, 0.3) is 0 Å². The number of carbonyl (C=O) groups is 1. The summed E-state index contributed by atoms with van der Waals surface area (Å²) >= 11 is 13.8. The molecular weight excluding hydrogens is 395 g/mol. The van der Waals surface area contributed by atoms with E-state index in [0.29, 0.717) is 21.4 Å². The van der Waals surface area contributed by atoms with Crippen LogP contribution in [0.15, 0.2) is 34.6 Å². The smallest absolute Gasteiger partial charge is 0.263 e. The van der Waals surface area contributed by atoms with E-state index in [1.54, 1.807) is 18.2 Å². The van der Waals surface area contributed by atoms with Crippen LogP contribution in [0.4, 0.5) is 0 Å². The lowest BCUT2D eigenvalue weighted by molar-refractivity contribution is 0.0948. The number of nitrogens with one attached hydrogen (secondary N) is 2. The van der Waals surface area contributed by atoms with Crippen molar-refractivity contribution in [2.45, 2.75) is 19.9 Å². The number of aromatic nitrogens is 3. The number of aromatic amines is 1. The molecule has 2 heterocycles. The molecule has 9 heteroatoms. The van der Waals surface area contributed by atoms with Gasteiger partial charge in [0.05, 0.1) is 17.2 Å². The first-order valence-corrected chi connectivity index (χ1v) is 9.28. The van der Waals surface area contributed by atoms with Gasteiger partial charge in [0, 0.05) is 28.0 Å². The molecule has 0 aliphatic carbocycles. The molecule has 0 aliphatic rings. The van der Waals surface area contributed by atoms with Crippen molar-refractivity contribution in [2.75, 3.05) is 0 Å². The molecule has 26 heavy (non-hydrogen) atoms. The van der Waals surface area contributed by atoms with E-state index < -0.39 is 11.5 Å². The Bertz CT molecular complexity index is 996. The van der Waals surface area contributed by atoms with E-state index in [1.165, 1.54) is 17.5 Å². The third kappa shape index (κ3) is 4.30. The SMILES string of the molecule is Cc1nc(CNC(=O)c2cnc(Cc3c(Cl)cccc3Cl)[nH]c2=O)cs1. The molecule has 134 valence electrons. The van der Waals surface area contributed by atoms with E-state index in [2.05, 4.69) is 20.3 Å². The van der Waals surface area contributed by atoms with Gasteiger partial charge in [-0.3, -0.25) is 9.59 Å². The topological polar surface area (TPSA) is 87.7 Å². The maximum atomic E-state index is 12.2. The standard InChI is InChI=1S/C17H14Cl2N4O2S/c1-9-22-10(8-26-9)6-21-16(24)12-7-20-15(23-17(12)25)5-11-13(18)3-2-4-14(11)19/h2-4,7-8H,5-6H2,1H3,(H,21,24)(H,20,23,25). The lowest BCUT2D eigenvalue weighted by Gasteiger charge is -2.07. The first kappa shape index (κ1) is 18.6. The Kier molecular flexibility index (Phi) is 5.70. The van der Waals surface area contributed by atoms with Crippen molar-refractivity contribution in [3.05, 3.63) is 77.8 Å². The maximum absolute atomic E-state index is 12.2. The average molecular weight is 409 g/mol. The Morgan fingerprint density at radius 3 is 2.65 bits per heavy atom. The van der Waals surface area contributed by atoms with Crippen LogP contribution < -0.4 is 10.9 Å². The van der Waals surface area contributed by atoms with E-state index in [1.807, 2.05) is 12.3 Å². The Morgan fingerprint density at radius 1 is 1.31 bits per heavy atom. The summed E-state index contributed by atoms with van der Waals surface area (Å²) in [7, 11) is 0. The van der Waals surface area contributed by atoms with Crippen molar-refractivity contribution < 1.29 is 4.79 Å². The Balaban J connectivity index is 1.73. The van der Waals surface area contributed by atoms with Crippen LogP contribution >= 0.6 is 34.5 Å². The summed E-state index contributed by atoms with van der Waals surface area (Å²) in [6.07, 6.45) is 1.51. The molecule has 2 aromatic heterocycles. The van der Waals surface area contributed by atoms with Gasteiger partial charge >= 0.3 is 0 Å². The third-order valence-corrected chi connectivity index (χ3v) is 5.13. The first-order valence-electron chi connectivity index (χ1n) is 7.64. The van der Waals surface area contributed by atoms with Crippen molar-refractivity contribution in [1.82, 2.24) is 20.3 Å². The fourth-order valence-electron chi connectivity index (χ4n) is 2.31. The third-order valence-electron chi connectivity index (χ3n) is 3.60. The molecule has 0 spiro atoms. The highest BCUT2D eigenvalue weighted by Crippen LogP contribution is 2.25. The molecule has 0 fully saturated rings. The number of hydrogen-bond donors (Lipinski definition) is 2. The highest BCUT2D eigenvalue weighted by atomic mass is 35.5. The van der Waals surface area contributed by atoms with Crippen LogP contribution in [0.2, 0.25) is 10.0 Å². The maximum Gasteiger partial charge on any atom is 0.263 e. The number of nitrogens with zero attached hydrogens (tertiary/aromatic N) is 2. The second kappa shape index (κ2) is 7.99. The highest BCUT2D eigenvalue weighted by molar-refractivity contribution is 7.09. The molecular formula is C17H14Cl2N4O2S. The molecule has 1 aromatic carbocycles. The van der Waals surface area contributed by atoms with Gasteiger partial charge in [-0.2, -0.15) is 0 Å². The Labute approximate surface area is 163 Å². The molecule has 3 aromatic rings. The molecule has 6 nitrogen and oxygen atoms in total. The van der Waals surface area contributed by atoms with Crippen LogP contribution in [0.3, 0.4) is 0 Å². The monoisotopic (exact) mass is 408 g/mol. The molecule has 0 radical (unpaired) electrons. The zero-order valence-electron chi connectivity index (χ0n) is 13.7. The molecule has 2 N–H and O–H groups in total. The molecule has 0 bridgehead atoms. The van der Waals surface area contributed by atoms with Crippen molar-refractivity contribution in [1.29, 1.82) is 0 Å². The van der Waals surface area contributed by atoms with Gasteiger partial charge in [-0.25, -0.2) is 9.97 Å². The predicted octanol–water partition coefficient (Wildman–Crippen LogP) is 3.36. The lowest BCUT2D eigenvalue weighted by atomic mass is 10.1. The van der Waals surface area contributed by atoms with Crippen LogP contribution in [0.1, 0.15) is 32.4 Å². The van der Waals surface area contributed by atoms with Crippen molar-refractivity contribution in [3.8, 4) is 0 Å². The number of halogens is 2. The summed E-state index contributed by atoms with van der Waals surface area (Å²) in [4.78, 5) is 35.4. The zero-order valence-corrected chi connectivity index (χ0v) is 16.0. The van der Waals surface area contributed by atoms with Gasteiger partial charge in [-0.05, 0) is 24.6 Å². The molecule has 0 atom stereocenters. The summed E-state index contributed by atoms with van der Waals surface area (Å²) in [5.74, 6) is -0.136. The van der Waals surface area contributed by atoms with Gasteiger partial charge < -0.3 is 10.3 Å². The number of aryl methyl sites for hydroxylation is 1. The minimum absolute atomic E-state index is 0.0639. The number of H-pyrrole nitrogens is 1. The highest BCUT2D eigenvalue weighted by Gasteiger charge is 2.14. The number of hydrogen-bond acceptors (Lipinski definition) is 5. The molecule has 0 saturated heterocycles. The number of benzene rings is 1. The van der Waals surface area contributed by atoms with Gasteiger partial charge in [0.15, 0.2) is 0 Å². The zero-order chi connectivity index (χ0) is 18.7. The van der Waals surface area contributed by atoms with Gasteiger partial charge in [0.25, 0.3) is 11.5 Å². The molecule has 3 rings (SSSR count). The number of thiazole rings is 1. The Morgan fingerprint density at radius 2 is 2.04 bits per heavy atom. The minimum Gasteiger partial charge on any atom is -0.346 e. The van der Waals surface area contributed by atoms with Gasteiger partial charge in [-0.1, -0.05) is 29.3 Å². The summed E-state index contributed by atoms with van der Waals surface area (Å²) < 4.78 is 0. The molecule has 1 amide bonds. The van der Waals surface area contributed by atoms with Crippen molar-refractivity contribution in [2.24, 2.45) is 0 Å². The largest absolute Gasteiger partial charge is 0.346 e. The quantitative estimate of drug-likeness (QED) is 0.677. The minimum atomic E-state index is -0.523. The lowest BCUT2D eigenvalue weighted by Crippen LogP contribution is -2.30. The number of carbonyl (C=O) groups excluding carboxylic acids is 1. The van der Waals surface area contributed by atoms with Gasteiger partial charge in [-0.15, -0.1) is 11.3 Å². The van der Waals surface area contributed by atoms with Crippen molar-refractivity contribution >= 4 is 40.4 Å². The summed E-state index contributed by atoms with van der Waals surface area (Å²) in [6.45, 7) is 2.13. The Hall–Kier alpha value is -2.22. The van der Waals surface area contributed by atoms with Gasteiger partial charge in [0.2, 0.25) is 0 Å². The summed E-state index contributed by atoms with van der Waals surface area (Å²) in [5.41, 5.74) is 0.821. The molecule has 0 saturated carbocycles. The summed E-state index contributed by atoms with van der Waals surface area (Å²) in [6, 6.07) is 5.16. The fourth-order valence-corrected chi connectivity index (χ4v) is 3.45. The first-order chi connectivity index (χ1) is 12.4.